The van der Waals surface area contributed by atoms with Gasteiger partial charge in [-0.1, -0.05) is 0 Å². The first-order chi connectivity index (χ1) is 11.7. The Morgan fingerprint density at radius 1 is 0.917 bits per heavy atom. The number of H-pyrrole nitrogens is 1. The van der Waals surface area contributed by atoms with Crippen LogP contribution in [0.3, 0.4) is 0 Å². The lowest BCUT2D eigenvalue weighted by molar-refractivity contribution is 0.340. The summed E-state index contributed by atoms with van der Waals surface area (Å²) in [6.45, 7) is 2.59. The van der Waals surface area contributed by atoms with Crippen molar-refractivity contribution in [3.63, 3.8) is 0 Å². The van der Waals surface area contributed by atoms with Gasteiger partial charge < -0.3 is 9.47 Å². The van der Waals surface area contributed by atoms with E-state index in [1.54, 1.807) is 7.11 Å². The highest BCUT2D eigenvalue weighted by atomic mass is 32.1. The summed E-state index contributed by atoms with van der Waals surface area (Å²) in [7, 11) is 1.64. The molecular formula is C18H17N3O2S. The first-order valence-electron chi connectivity index (χ1n) is 7.55. The van der Waals surface area contributed by atoms with Crippen LogP contribution in [0.25, 0.3) is 22.5 Å². The van der Waals surface area contributed by atoms with Crippen molar-refractivity contribution in [2.75, 3.05) is 13.7 Å². The van der Waals surface area contributed by atoms with Crippen molar-refractivity contribution in [1.82, 2.24) is 15.2 Å². The Bertz CT molecular complexity index is 874. The molecule has 0 aliphatic heterocycles. The number of nitrogens with zero attached hydrogens (tertiary/aromatic N) is 2. The third-order valence-electron chi connectivity index (χ3n) is 3.50. The molecule has 3 aromatic rings. The number of methoxy groups -OCH3 is 1. The van der Waals surface area contributed by atoms with Gasteiger partial charge in [0.1, 0.15) is 22.9 Å². The van der Waals surface area contributed by atoms with E-state index in [4.69, 9.17) is 21.7 Å². The molecule has 1 heterocycles. The maximum absolute atomic E-state index is 5.48. The minimum atomic E-state index is 0.344. The maximum atomic E-state index is 5.48. The molecule has 0 radical (unpaired) electrons. The van der Waals surface area contributed by atoms with Gasteiger partial charge in [0.2, 0.25) is 4.77 Å². The Labute approximate surface area is 145 Å². The monoisotopic (exact) mass is 339 g/mol. The second-order valence-corrected chi connectivity index (χ2v) is 5.41. The highest BCUT2D eigenvalue weighted by molar-refractivity contribution is 7.71. The Morgan fingerprint density at radius 3 is 2.08 bits per heavy atom. The number of hydrogen-bond donors (Lipinski definition) is 1. The molecule has 0 spiro atoms. The number of benzene rings is 2. The van der Waals surface area contributed by atoms with Crippen LogP contribution in [0.4, 0.5) is 0 Å². The van der Waals surface area contributed by atoms with Crippen molar-refractivity contribution in [2.45, 2.75) is 6.92 Å². The van der Waals surface area contributed by atoms with Gasteiger partial charge in [0, 0.05) is 11.1 Å². The molecule has 0 saturated carbocycles. The molecule has 0 aliphatic carbocycles. The van der Waals surface area contributed by atoms with E-state index >= 15 is 0 Å². The van der Waals surface area contributed by atoms with Crippen LogP contribution < -0.4 is 9.47 Å². The lowest BCUT2D eigenvalue weighted by atomic mass is 10.0. The van der Waals surface area contributed by atoms with Crippen LogP contribution in [0, 0.1) is 4.77 Å². The smallest absolute Gasteiger partial charge is 0.214 e. The van der Waals surface area contributed by atoms with Gasteiger partial charge in [-0.25, -0.2) is 4.98 Å². The van der Waals surface area contributed by atoms with E-state index in [0.717, 1.165) is 34.0 Å². The van der Waals surface area contributed by atoms with E-state index in [0.29, 0.717) is 11.4 Å². The Kier molecular flexibility index (Phi) is 4.86. The van der Waals surface area contributed by atoms with E-state index in [2.05, 4.69) is 15.2 Å². The largest absolute Gasteiger partial charge is 0.497 e. The summed E-state index contributed by atoms with van der Waals surface area (Å²) in [5, 5.41) is 7.14. The fourth-order valence-corrected chi connectivity index (χ4v) is 2.50. The molecule has 1 N–H and O–H groups in total. The summed E-state index contributed by atoms with van der Waals surface area (Å²) >= 11 is 5.14. The number of hydrogen-bond acceptors (Lipinski definition) is 5. The van der Waals surface area contributed by atoms with E-state index in [-0.39, 0.29) is 0 Å². The molecule has 3 rings (SSSR count). The van der Waals surface area contributed by atoms with Crippen molar-refractivity contribution in [2.24, 2.45) is 0 Å². The van der Waals surface area contributed by atoms with Crippen molar-refractivity contribution in [3.8, 4) is 34.0 Å². The second-order valence-electron chi connectivity index (χ2n) is 5.02. The molecule has 2 aromatic carbocycles. The number of nitrogens with one attached hydrogen (secondary N) is 1. The van der Waals surface area contributed by atoms with Crippen LogP contribution in [0.5, 0.6) is 11.5 Å². The average molecular weight is 339 g/mol. The highest BCUT2D eigenvalue weighted by Crippen LogP contribution is 2.30. The van der Waals surface area contributed by atoms with E-state index < -0.39 is 0 Å². The van der Waals surface area contributed by atoms with Gasteiger partial charge in [-0.3, -0.25) is 5.10 Å². The molecule has 6 heteroatoms. The minimum absolute atomic E-state index is 0.344. The summed E-state index contributed by atoms with van der Waals surface area (Å²) in [5.74, 6) is 1.61. The summed E-state index contributed by atoms with van der Waals surface area (Å²) < 4.78 is 11.0. The fraction of sp³-hybridized carbons (Fsp3) is 0.167. The summed E-state index contributed by atoms with van der Waals surface area (Å²) in [4.78, 5) is 4.46. The molecule has 122 valence electrons. The Hall–Kier alpha value is -2.73. The van der Waals surface area contributed by atoms with Crippen molar-refractivity contribution < 1.29 is 9.47 Å². The van der Waals surface area contributed by atoms with Crippen molar-refractivity contribution in [1.29, 1.82) is 0 Å². The van der Waals surface area contributed by atoms with Crippen LogP contribution in [0.2, 0.25) is 0 Å². The predicted octanol–water partition coefficient (Wildman–Crippen LogP) is 4.28. The van der Waals surface area contributed by atoms with Gasteiger partial charge in [0.25, 0.3) is 0 Å². The molecule has 0 amide bonds. The molecule has 1 aromatic heterocycles. The van der Waals surface area contributed by atoms with Crippen LogP contribution in [0.15, 0.2) is 48.5 Å². The zero-order chi connectivity index (χ0) is 16.9. The summed E-state index contributed by atoms with van der Waals surface area (Å²) in [6.07, 6.45) is 0. The zero-order valence-corrected chi connectivity index (χ0v) is 14.3. The Balaban J connectivity index is 2.06. The lowest BCUT2D eigenvalue weighted by Gasteiger charge is -2.09. The van der Waals surface area contributed by atoms with Gasteiger partial charge in [-0.05, 0) is 67.7 Å². The van der Waals surface area contributed by atoms with Crippen molar-refractivity contribution >= 4 is 12.2 Å². The number of aromatic nitrogens is 3. The molecular weight excluding hydrogens is 322 g/mol. The normalized spacial score (nSPS) is 10.4. The SMILES string of the molecule is CCOc1ccc(-c2nc(=S)[nH]nc2-c2ccc(OC)cc2)cc1. The van der Waals surface area contributed by atoms with Crippen LogP contribution >= 0.6 is 12.2 Å². The van der Waals surface area contributed by atoms with Crippen LogP contribution in [-0.4, -0.2) is 28.9 Å². The standard InChI is InChI=1S/C18H17N3O2S/c1-3-23-15-10-6-12(7-11-15)16-17(20-21-18(24)19-16)13-4-8-14(22-2)9-5-13/h4-11H,3H2,1-2H3,(H,19,21,24). The van der Waals surface area contributed by atoms with Gasteiger partial charge in [-0.2, -0.15) is 5.10 Å². The van der Waals surface area contributed by atoms with Gasteiger partial charge in [-0.15, -0.1) is 0 Å². The summed E-state index contributed by atoms with van der Waals surface area (Å²) in [5.41, 5.74) is 3.32. The Morgan fingerprint density at radius 2 is 1.50 bits per heavy atom. The molecule has 24 heavy (non-hydrogen) atoms. The quantitative estimate of drug-likeness (QED) is 0.703. The predicted molar refractivity (Wildman–Crippen MR) is 95.8 cm³/mol. The van der Waals surface area contributed by atoms with E-state index in [1.165, 1.54) is 0 Å². The maximum Gasteiger partial charge on any atom is 0.214 e. The third-order valence-corrected chi connectivity index (χ3v) is 3.69. The number of rotatable bonds is 5. The lowest BCUT2D eigenvalue weighted by Crippen LogP contribution is -1.97. The van der Waals surface area contributed by atoms with Gasteiger partial charge in [0.15, 0.2) is 0 Å². The topological polar surface area (TPSA) is 60.0 Å². The molecule has 0 unspecified atom stereocenters. The highest BCUT2D eigenvalue weighted by Gasteiger charge is 2.12. The number of ether oxygens (including phenoxy) is 2. The average Bonchev–Trinajstić information content (AvgIpc) is 2.63. The minimum Gasteiger partial charge on any atom is -0.497 e. The van der Waals surface area contributed by atoms with Gasteiger partial charge in [0.05, 0.1) is 13.7 Å². The fourth-order valence-electron chi connectivity index (χ4n) is 2.36. The molecule has 0 saturated heterocycles. The number of aromatic amines is 1. The zero-order valence-electron chi connectivity index (χ0n) is 13.4. The molecule has 0 fully saturated rings. The van der Waals surface area contributed by atoms with Gasteiger partial charge >= 0.3 is 0 Å². The molecule has 5 nitrogen and oxygen atoms in total. The molecule has 0 atom stereocenters. The second kappa shape index (κ2) is 7.23. The first-order valence-corrected chi connectivity index (χ1v) is 7.96. The summed E-state index contributed by atoms with van der Waals surface area (Å²) in [6, 6.07) is 15.4. The van der Waals surface area contributed by atoms with E-state index in [9.17, 15) is 0 Å². The first kappa shape index (κ1) is 16.1. The van der Waals surface area contributed by atoms with E-state index in [1.807, 2.05) is 55.5 Å². The van der Waals surface area contributed by atoms with Crippen LogP contribution in [0.1, 0.15) is 6.92 Å². The van der Waals surface area contributed by atoms with Crippen molar-refractivity contribution in [3.05, 3.63) is 53.3 Å². The third kappa shape index (κ3) is 3.44. The molecule has 0 bridgehead atoms. The molecule has 0 aliphatic rings. The van der Waals surface area contributed by atoms with Crippen LogP contribution in [-0.2, 0) is 0 Å².